The number of benzene rings is 2. The van der Waals surface area contributed by atoms with Crippen molar-refractivity contribution < 1.29 is 14.6 Å². The second kappa shape index (κ2) is 9.18. The Morgan fingerprint density at radius 3 is 2.67 bits per heavy atom. The summed E-state index contributed by atoms with van der Waals surface area (Å²) < 4.78 is 11.1. The Labute approximate surface area is 177 Å². The predicted molar refractivity (Wildman–Crippen MR) is 118 cm³/mol. The number of ether oxygens (including phenoxy) is 2. The second-order valence-electron chi connectivity index (χ2n) is 7.63. The molecule has 0 fully saturated rings. The lowest BCUT2D eigenvalue weighted by Gasteiger charge is -2.31. The Morgan fingerprint density at radius 1 is 1.07 bits per heavy atom. The molecule has 0 amide bonds. The van der Waals surface area contributed by atoms with Crippen LogP contribution in [0.25, 0.3) is 11.1 Å². The lowest BCUT2D eigenvalue weighted by molar-refractivity contribution is 0.250. The molecule has 1 aliphatic heterocycles. The van der Waals surface area contributed by atoms with Crippen LogP contribution >= 0.6 is 0 Å². The number of phenols is 1. The summed E-state index contributed by atoms with van der Waals surface area (Å²) in [7, 11) is 3.26. The van der Waals surface area contributed by atoms with Crippen LogP contribution in [0.2, 0.25) is 0 Å². The molecule has 0 aliphatic carbocycles. The summed E-state index contributed by atoms with van der Waals surface area (Å²) in [6.45, 7) is 2.80. The van der Waals surface area contributed by atoms with E-state index < -0.39 is 0 Å². The number of fused-ring (bicyclic) bond motifs is 1. The molecule has 0 saturated heterocycles. The van der Waals surface area contributed by atoms with Gasteiger partial charge < -0.3 is 14.6 Å². The summed E-state index contributed by atoms with van der Waals surface area (Å²) in [5.74, 6) is 1.44. The molecule has 1 aromatic heterocycles. The van der Waals surface area contributed by atoms with E-state index in [1.807, 2.05) is 48.8 Å². The van der Waals surface area contributed by atoms with Gasteiger partial charge in [-0.3, -0.25) is 9.88 Å². The molecular formula is C25H28N2O3. The van der Waals surface area contributed by atoms with Crippen molar-refractivity contribution in [1.82, 2.24) is 9.88 Å². The Hall–Kier alpha value is -3.05. The van der Waals surface area contributed by atoms with E-state index in [2.05, 4.69) is 16.0 Å². The van der Waals surface area contributed by atoms with Crippen molar-refractivity contribution in [2.45, 2.75) is 25.8 Å². The zero-order chi connectivity index (χ0) is 20.9. The summed E-state index contributed by atoms with van der Waals surface area (Å²) in [6, 6.07) is 13.9. The molecule has 30 heavy (non-hydrogen) atoms. The third-order valence-corrected chi connectivity index (χ3v) is 5.80. The van der Waals surface area contributed by atoms with Crippen LogP contribution in [0.1, 0.15) is 23.1 Å². The summed E-state index contributed by atoms with van der Waals surface area (Å²) in [6.07, 6.45) is 6.78. The van der Waals surface area contributed by atoms with Crippen LogP contribution in [0.4, 0.5) is 0 Å². The standard InChI is InChI=1S/C25H28N2O3/c1-29-22-10-4-3-9-20(22)24-21-17-27(13-6-8-18-7-5-12-26-16-18)14-11-19(21)15-23(30-2)25(24)28/h3-5,7,9-10,12,15-16,28H,6,8,11,13-14,17H2,1-2H3. The highest BCUT2D eigenvalue weighted by Crippen LogP contribution is 2.46. The average Bonchev–Trinajstić information content (AvgIpc) is 2.79. The van der Waals surface area contributed by atoms with E-state index >= 15 is 0 Å². The summed E-state index contributed by atoms with van der Waals surface area (Å²) in [5, 5.41) is 11.0. The van der Waals surface area contributed by atoms with E-state index in [-0.39, 0.29) is 5.75 Å². The second-order valence-corrected chi connectivity index (χ2v) is 7.63. The molecule has 1 aliphatic rings. The minimum atomic E-state index is 0.179. The maximum absolute atomic E-state index is 11.0. The molecule has 0 spiro atoms. The first-order valence-corrected chi connectivity index (χ1v) is 10.4. The smallest absolute Gasteiger partial charge is 0.166 e. The highest BCUT2D eigenvalue weighted by molar-refractivity contribution is 5.82. The fourth-order valence-electron chi connectivity index (χ4n) is 4.27. The predicted octanol–water partition coefficient (Wildman–Crippen LogP) is 4.46. The van der Waals surface area contributed by atoms with Crippen molar-refractivity contribution in [3.63, 3.8) is 0 Å². The van der Waals surface area contributed by atoms with Gasteiger partial charge in [0.05, 0.1) is 14.2 Å². The first-order chi connectivity index (χ1) is 14.7. The number of methoxy groups -OCH3 is 2. The van der Waals surface area contributed by atoms with E-state index in [9.17, 15) is 5.11 Å². The van der Waals surface area contributed by atoms with E-state index in [0.717, 1.165) is 61.3 Å². The summed E-state index contributed by atoms with van der Waals surface area (Å²) in [5.41, 5.74) is 5.37. The maximum atomic E-state index is 11.0. The van der Waals surface area contributed by atoms with Crippen molar-refractivity contribution in [2.24, 2.45) is 0 Å². The van der Waals surface area contributed by atoms with Crippen LogP contribution in [-0.4, -0.2) is 42.3 Å². The topological polar surface area (TPSA) is 54.8 Å². The van der Waals surface area contributed by atoms with E-state index in [4.69, 9.17) is 9.47 Å². The largest absolute Gasteiger partial charge is 0.504 e. The Bertz CT molecular complexity index is 1000. The van der Waals surface area contributed by atoms with Gasteiger partial charge in [0, 0.05) is 36.6 Å². The molecule has 0 bridgehead atoms. The third-order valence-electron chi connectivity index (χ3n) is 5.80. The number of aryl methyl sites for hydroxylation is 1. The van der Waals surface area contributed by atoms with Gasteiger partial charge in [-0.15, -0.1) is 0 Å². The average molecular weight is 405 g/mol. The number of hydrogen-bond acceptors (Lipinski definition) is 5. The monoisotopic (exact) mass is 404 g/mol. The molecule has 2 heterocycles. The highest BCUT2D eigenvalue weighted by atomic mass is 16.5. The molecule has 2 aromatic carbocycles. The number of rotatable bonds is 7. The number of hydrogen-bond donors (Lipinski definition) is 1. The van der Waals surface area contributed by atoms with Gasteiger partial charge in [0.1, 0.15) is 5.75 Å². The normalized spacial score (nSPS) is 13.7. The number of nitrogens with zero attached hydrogens (tertiary/aromatic N) is 2. The first kappa shape index (κ1) is 20.2. The molecule has 0 atom stereocenters. The van der Waals surface area contributed by atoms with Gasteiger partial charge >= 0.3 is 0 Å². The molecule has 3 aromatic rings. The van der Waals surface area contributed by atoms with Gasteiger partial charge in [0.15, 0.2) is 11.5 Å². The summed E-state index contributed by atoms with van der Waals surface area (Å²) in [4.78, 5) is 6.66. The number of aromatic hydroxyl groups is 1. The lowest BCUT2D eigenvalue weighted by Crippen LogP contribution is -2.32. The zero-order valence-electron chi connectivity index (χ0n) is 17.6. The fraction of sp³-hybridized carbons (Fsp3) is 0.320. The number of aromatic nitrogens is 1. The van der Waals surface area contributed by atoms with Gasteiger partial charge in [0.25, 0.3) is 0 Å². The van der Waals surface area contributed by atoms with E-state index in [1.165, 1.54) is 11.1 Å². The first-order valence-electron chi connectivity index (χ1n) is 10.4. The van der Waals surface area contributed by atoms with Crippen molar-refractivity contribution in [2.75, 3.05) is 27.3 Å². The quantitative estimate of drug-likeness (QED) is 0.630. The van der Waals surface area contributed by atoms with Crippen LogP contribution in [0.3, 0.4) is 0 Å². The van der Waals surface area contributed by atoms with Crippen LogP contribution in [0.15, 0.2) is 54.9 Å². The van der Waals surface area contributed by atoms with Gasteiger partial charge in [-0.1, -0.05) is 24.3 Å². The van der Waals surface area contributed by atoms with Crippen LogP contribution < -0.4 is 9.47 Å². The molecule has 5 nitrogen and oxygen atoms in total. The minimum Gasteiger partial charge on any atom is -0.504 e. The molecule has 5 heteroatoms. The Morgan fingerprint density at radius 2 is 1.90 bits per heavy atom. The van der Waals surface area contributed by atoms with Crippen molar-refractivity contribution in [1.29, 1.82) is 0 Å². The molecule has 156 valence electrons. The van der Waals surface area contributed by atoms with Gasteiger partial charge in [-0.05, 0) is 60.7 Å². The van der Waals surface area contributed by atoms with Crippen molar-refractivity contribution in [3.8, 4) is 28.4 Å². The zero-order valence-corrected chi connectivity index (χ0v) is 17.6. The number of pyridine rings is 1. The molecular weight excluding hydrogens is 376 g/mol. The van der Waals surface area contributed by atoms with E-state index in [1.54, 1.807) is 14.2 Å². The van der Waals surface area contributed by atoms with Gasteiger partial charge in [-0.25, -0.2) is 0 Å². The van der Waals surface area contributed by atoms with Crippen molar-refractivity contribution >= 4 is 0 Å². The van der Waals surface area contributed by atoms with Crippen molar-refractivity contribution in [3.05, 3.63) is 71.5 Å². The van der Waals surface area contributed by atoms with Gasteiger partial charge in [0.2, 0.25) is 0 Å². The SMILES string of the molecule is COc1ccccc1-c1c(O)c(OC)cc2c1CN(CCCc1cccnc1)CC2. The summed E-state index contributed by atoms with van der Waals surface area (Å²) >= 11 is 0. The molecule has 0 saturated carbocycles. The molecule has 4 rings (SSSR count). The molecule has 0 unspecified atom stereocenters. The minimum absolute atomic E-state index is 0.179. The van der Waals surface area contributed by atoms with Crippen LogP contribution in [0, 0.1) is 0 Å². The number of para-hydroxylation sites is 1. The number of phenolic OH excluding ortho intramolecular Hbond substituents is 1. The molecule has 0 radical (unpaired) electrons. The van der Waals surface area contributed by atoms with Gasteiger partial charge in [-0.2, -0.15) is 0 Å². The van der Waals surface area contributed by atoms with E-state index in [0.29, 0.717) is 5.75 Å². The highest BCUT2D eigenvalue weighted by Gasteiger charge is 2.26. The van der Waals surface area contributed by atoms with Crippen LogP contribution in [0.5, 0.6) is 17.2 Å². The Balaban J connectivity index is 1.61. The van der Waals surface area contributed by atoms with Crippen LogP contribution in [-0.2, 0) is 19.4 Å². The maximum Gasteiger partial charge on any atom is 0.166 e. The Kier molecular flexibility index (Phi) is 6.19. The molecule has 1 N–H and O–H groups in total. The lowest BCUT2D eigenvalue weighted by atomic mass is 9.89. The fourth-order valence-corrected chi connectivity index (χ4v) is 4.27. The third kappa shape index (κ3) is 4.12.